The molecule has 0 aliphatic carbocycles. The molecule has 2 unspecified atom stereocenters. The van der Waals surface area contributed by atoms with Crippen molar-refractivity contribution in [2.75, 3.05) is 35.7 Å². The molecule has 0 aromatic heterocycles. The second-order valence-corrected chi connectivity index (χ2v) is 9.74. The Morgan fingerprint density at radius 3 is 2.58 bits per heavy atom. The minimum atomic E-state index is -3.23. The summed E-state index contributed by atoms with van der Waals surface area (Å²) in [6.45, 7) is 4.14. The van der Waals surface area contributed by atoms with E-state index < -0.39 is 20.8 Å². The van der Waals surface area contributed by atoms with Crippen LogP contribution in [0.25, 0.3) is 0 Å². The van der Waals surface area contributed by atoms with Gasteiger partial charge in [-0.3, -0.25) is 13.3 Å². The topological polar surface area (TPSA) is 74.8 Å². The van der Waals surface area contributed by atoms with Crippen molar-refractivity contribution in [3.05, 3.63) is 29.3 Å². The number of hydrogen-bond donors (Lipinski definition) is 0. The Morgan fingerprint density at radius 1 is 1.42 bits per heavy atom. The predicted molar refractivity (Wildman–Crippen MR) is 97.4 cm³/mol. The number of hydrogen-bond acceptors (Lipinski definition) is 4. The van der Waals surface area contributed by atoms with Gasteiger partial charge in [0.1, 0.15) is 0 Å². The number of benzene rings is 1. The van der Waals surface area contributed by atoms with Gasteiger partial charge in [0.15, 0.2) is 0 Å². The molecule has 1 aliphatic rings. The van der Waals surface area contributed by atoms with E-state index in [2.05, 4.69) is 0 Å². The second-order valence-electron chi connectivity index (χ2n) is 6.25. The highest BCUT2D eigenvalue weighted by atomic mass is 32.2. The molecule has 1 heterocycles. The summed E-state index contributed by atoms with van der Waals surface area (Å²) in [4.78, 5) is 14.2. The zero-order chi connectivity index (χ0) is 18.1. The van der Waals surface area contributed by atoms with Crippen molar-refractivity contribution in [3.63, 3.8) is 0 Å². The quantitative estimate of drug-likeness (QED) is 0.782. The SMILES string of the molecule is Cc1cc(N2CCCS2(=O)=O)ccc1C(=O)N(C)C(C)CS(C)=O. The van der Waals surface area contributed by atoms with Gasteiger partial charge in [0.25, 0.3) is 5.91 Å². The summed E-state index contributed by atoms with van der Waals surface area (Å²) in [6, 6.07) is 4.96. The molecule has 2 rings (SSSR count). The van der Waals surface area contributed by atoms with E-state index >= 15 is 0 Å². The van der Waals surface area contributed by atoms with E-state index in [9.17, 15) is 17.4 Å². The molecule has 0 bridgehead atoms. The zero-order valence-electron chi connectivity index (χ0n) is 14.5. The molecule has 0 radical (unpaired) electrons. The molecule has 0 saturated carbocycles. The summed E-state index contributed by atoms with van der Waals surface area (Å²) < 4.78 is 36.8. The van der Waals surface area contributed by atoms with E-state index in [4.69, 9.17) is 0 Å². The van der Waals surface area contributed by atoms with Crippen LogP contribution in [0, 0.1) is 6.92 Å². The molecule has 1 aromatic carbocycles. The number of nitrogens with zero attached hydrogens (tertiary/aromatic N) is 2. The molecule has 24 heavy (non-hydrogen) atoms. The van der Waals surface area contributed by atoms with Crippen LogP contribution in [-0.4, -0.2) is 60.8 Å². The second kappa shape index (κ2) is 7.23. The third kappa shape index (κ3) is 3.97. The Kier molecular flexibility index (Phi) is 5.70. The molecule has 6 nitrogen and oxygen atoms in total. The van der Waals surface area contributed by atoms with Crippen molar-refractivity contribution in [1.29, 1.82) is 0 Å². The predicted octanol–water partition coefficient (Wildman–Crippen LogP) is 1.37. The largest absolute Gasteiger partial charge is 0.338 e. The van der Waals surface area contributed by atoms with E-state index in [0.717, 1.165) is 5.56 Å². The van der Waals surface area contributed by atoms with Gasteiger partial charge >= 0.3 is 0 Å². The van der Waals surface area contributed by atoms with Crippen LogP contribution in [0.2, 0.25) is 0 Å². The van der Waals surface area contributed by atoms with Crippen LogP contribution in [0.4, 0.5) is 5.69 Å². The van der Waals surface area contributed by atoms with E-state index in [-0.39, 0.29) is 17.7 Å². The van der Waals surface area contributed by atoms with Gasteiger partial charge in [-0.25, -0.2) is 8.42 Å². The number of anilines is 1. The molecule has 1 fully saturated rings. The average molecular weight is 373 g/mol. The van der Waals surface area contributed by atoms with E-state index in [1.807, 2.05) is 6.92 Å². The van der Waals surface area contributed by atoms with Gasteiger partial charge < -0.3 is 4.90 Å². The van der Waals surface area contributed by atoms with Crippen LogP contribution in [0.15, 0.2) is 18.2 Å². The minimum Gasteiger partial charge on any atom is -0.338 e. The molecule has 134 valence electrons. The Hall–Kier alpha value is -1.41. The monoisotopic (exact) mass is 372 g/mol. The fraction of sp³-hybridized carbons (Fsp3) is 0.562. The Morgan fingerprint density at radius 2 is 2.08 bits per heavy atom. The maximum Gasteiger partial charge on any atom is 0.254 e. The lowest BCUT2D eigenvalue weighted by Gasteiger charge is -2.25. The van der Waals surface area contributed by atoms with Crippen molar-refractivity contribution in [2.24, 2.45) is 0 Å². The van der Waals surface area contributed by atoms with Crippen LogP contribution in [0.5, 0.6) is 0 Å². The maximum atomic E-state index is 12.6. The third-order valence-corrected chi connectivity index (χ3v) is 7.11. The standard InChI is InChI=1S/C16H24N2O4S2/c1-12-10-14(18-8-5-9-24(18,21)22)6-7-15(12)16(19)17(3)13(2)11-23(4)20/h6-7,10,13H,5,8-9,11H2,1-4H3. The number of carbonyl (C=O) groups is 1. The van der Waals surface area contributed by atoms with Crippen LogP contribution < -0.4 is 4.31 Å². The van der Waals surface area contributed by atoms with Crippen molar-refractivity contribution in [3.8, 4) is 0 Å². The summed E-state index contributed by atoms with van der Waals surface area (Å²) in [5.74, 6) is 0.438. The first-order valence-corrected chi connectivity index (χ1v) is 11.2. The van der Waals surface area contributed by atoms with Gasteiger partial charge in [-0.1, -0.05) is 0 Å². The fourth-order valence-corrected chi connectivity index (χ4v) is 5.27. The fourth-order valence-electron chi connectivity index (χ4n) is 2.81. The normalized spacial score (nSPS) is 19.1. The van der Waals surface area contributed by atoms with E-state index in [1.165, 1.54) is 4.31 Å². The van der Waals surface area contributed by atoms with Crippen LogP contribution in [-0.2, 0) is 20.8 Å². The summed E-state index contributed by atoms with van der Waals surface area (Å²) in [6.07, 6.45) is 2.24. The van der Waals surface area contributed by atoms with Gasteiger partial charge in [-0.05, 0) is 44.0 Å². The van der Waals surface area contributed by atoms with Gasteiger partial charge in [0.2, 0.25) is 10.0 Å². The average Bonchev–Trinajstić information content (AvgIpc) is 2.84. The molecule has 1 aromatic rings. The summed E-state index contributed by atoms with van der Waals surface area (Å²) in [5.41, 5.74) is 1.87. The number of aryl methyl sites for hydroxylation is 1. The Bertz CT molecular complexity index is 761. The smallest absolute Gasteiger partial charge is 0.254 e. The zero-order valence-corrected chi connectivity index (χ0v) is 16.1. The Labute approximate surface area is 146 Å². The van der Waals surface area contributed by atoms with Gasteiger partial charge in [-0.2, -0.15) is 0 Å². The van der Waals surface area contributed by atoms with E-state index in [0.29, 0.717) is 30.0 Å². The molecule has 0 N–H and O–H groups in total. The number of amides is 1. The first-order valence-electron chi connectivity index (χ1n) is 7.81. The first-order chi connectivity index (χ1) is 11.1. The molecule has 2 atom stereocenters. The molecule has 1 amide bonds. The van der Waals surface area contributed by atoms with Crippen LogP contribution in [0.1, 0.15) is 29.3 Å². The van der Waals surface area contributed by atoms with Crippen molar-refractivity contribution >= 4 is 32.4 Å². The number of carbonyl (C=O) groups excluding carboxylic acids is 1. The van der Waals surface area contributed by atoms with Gasteiger partial charge in [0.05, 0.1) is 11.4 Å². The highest BCUT2D eigenvalue weighted by molar-refractivity contribution is 7.93. The molecular formula is C16H24N2O4S2. The summed E-state index contributed by atoms with van der Waals surface area (Å²) in [7, 11) is -2.51. The van der Waals surface area contributed by atoms with Crippen molar-refractivity contribution in [2.45, 2.75) is 26.3 Å². The molecule has 1 saturated heterocycles. The molecule has 8 heteroatoms. The lowest BCUT2D eigenvalue weighted by atomic mass is 10.1. The van der Waals surface area contributed by atoms with Crippen LogP contribution in [0.3, 0.4) is 0 Å². The van der Waals surface area contributed by atoms with Crippen molar-refractivity contribution in [1.82, 2.24) is 4.90 Å². The lowest BCUT2D eigenvalue weighted by molar-refractivity contribution is 0.0756. The first kappa shape index (κ1) is 18.9. The molecule has 1 aliphatic heterocycles. The van der Waals surface area contributed by atoms with Gasteiger partial charge in [0, 0.05) is 48.0 Å². The highest BCUT2D eigenvalue weighted by Crippen LogP contribution is 2.26. The van der Waals surface area contributed by atoms with E-state index in [1.54, 1.807) is 43.3 Å². The number of rotatable bonds is 5. The van der Waals surface area contributed by atoms with Crippen molar-refractivity contribution < 1.29 is 17.4 Å². The highest BCUT2D eigenvalue weighted by Gasteiger charge is 2.29. The Balaban J connectivity index is 2.23. The molecular weight excluding hydrogens is 348 g/mol. The maximum absolute atomic E-state index is 12.6. The summed E-state index contributed by atoms with van der Waals surface area (Å²) >= 11 is 0. The lowest BCUT2D eigenvalue weighted by Crippen LogP contribution is -2.38. The number of sulfonamides is 1. The minimum absolute atomic E-state index is 0.138. The summed E-state index contributed by atoms with van der Waals surface area (Å²) in [5, 5.41) is 0. The van der Waals surface area contributed by atoms with Crippen LogP contribution >= 0.6 is 0 Å². The van der Waals surface area contributed by atoms with Gasteiger partial charge in [-0.15, -0.1) is 0 Å². The molecule has 0 spiro atoms. The third-order valence-electron chi connectivity index (χ3n) is 4.29.